The Kier molecular flexibility index (Phi) is 17.5. The number of fused-ring (bicyclic) bond motifs is 1. The van der Waals surface area contributed by atoms with Crippen molar-refractivity contribution in [1.82, 2.24) is 26.6 Å². The van der Waals surface area contributed by atoms with Gasteiger partial charge in [0.1, 0.15) is 29.9 Å². The van der Waals surface area contributed by atoms with Crippen LogP contribution in [0.25, 0.3) is 10.8 Å². The van der Waals surface area contributed by atoms with E-state index in [2.05, 4.69) is 31.1 Å². The molecule has 0 bridgehead atoms. The average molecular weight is 910 g/mol. The number of benzene rings is 5. The van der Waals surface area contributed by atoms with Crippen LogP contribution in [0.4, 0.5) is 0 Å². The Bertz CT molecular complexity index is 2510. The Balaban J connectivity index is 1.26. The number of nitrogens with one attached hydrogen (secondary N) is 5. The first kappa shape index (κ1) is 48.6. The van der Waals surface area contributed by atoms with E-state index in [1.807, 2.05) is 48.5 Å². The highest BCUT2D eigenvalue weighted by atomic mass is 31.2. The maximum Gasteiger partial charge on any atom is 0.524 e. The smallest absolute Gasteiger partial charge is 0.481 e. The lowest BCUT2D eigenvalue weighted by Crippen LogP contribution is -2.57. The summed E-state index contributed by atoms with van der Waals surface area (Å²) < 4.78 is 15.6. The fourth-order valence-electron chi connectivity index (χ4n) is 6.86. The van der Waals surface area contributed by atoms with Gasteiger partial charge in [-0.15, -0.1) is 0 Å². The Morgan fingerprint density at radius 2 is 1.05 bits per heavy atom. The number of phosphoric acid groups is 1. The zero-order chi connectivity index (χ0) is 46.9. The highest BCUT2D eigenvalue weighted by Gasteiger charge is 2.30. The van der Waals surface area contributed by atoms with Gasteiger partial charge < -0.3 is 41.3 Å². The normalized spacial score (nSPS) is 13.0. The molecule has 0 fully saturated rings. The molecule has 0 saturated heterocycles. The largest absolute Gasteiger partial charge is 0.524 e. The number of phosphoric ester groups is 1. The molecule has 340 valence electrons. The minimum Gasteiger partial charge on any atom is -0.481 e. The second kappa shape index (κ2) is 23.3. The number of carboxylic acids is 2. The number of carboxylic acid groups (broad SMARTS) is 2. The number of carbonyl (C=O) groups excluding carboxylic acids is 5. The van der Waals surface area contributed by atoms with Crippen LogP contribution in [0.5, 0.6) is 5.75 Å². The molecule has 0 radical (unpaired) electrons. The highest BCUT2D eigenvalue weighted by molar-refractivity contribution is 7.46. The lowest BCUT2D eigenvalue weighted by molar-refractivity contribution is -0.143. The standard InChI is InChI=1S/C46H48N5O13P/c52-40(27-33-16-9-15-32-14-7-8-17-35(32)33)49-38(25-30-12-5-2-6-13-30)45(58)50-37(24-29-10-3-1-4-11-29)43(56)47-28-41(53)48-36(22-23-42(54)55)44(57)51-39(46(59)60)26-31-18-20-34(21-19-31)64-65(61,62)63/h1-21,36-39H,22-28H2,(H,47,56)(H,48,53)(H,49,52)(H,50,58)(H,51,57)(H,54,55)(H,59,60)(H2,61,62,63)/t36-,37-,38-,39-/m0/s1. The molecule has 9 N–H and O–H groups in total. The second-order valence-corrected chi connectivity index (χ2v) is 16.1. The third kappa shape index (κ3) is 16.0. The predicted molar refractivity (Wildman–Crippen MR) is 236 cm³/mol. The van der Waals surface area contributed by atoms with Crippen molar-refractivity contribution in [2.75, 3.05) is 6.54 Å². The first-order valence-electron chi connectivity index (χ1n) is 20.3. The Morgan fingerprint density at radius 1 is 0.538 bits per heavy atom. The monoisotopic (exact) mass is 909 g/mol. The van der Waals surface area contributed by atoms with Gasteiger partial charge in [-0.3, -0.25) is 38.6 Å². The maximum absolute atomic E-state index is 14.1. The first-order chi connectivity index (χ1) is 31.0. The van der Waals surface area contributed by atoms with Crippen molar-refractivity contribution in [3.8, 4) is 5.75 Å². The molecule has 0 aliphatic carbocycles. The summed E-state index contributed by atoms with van der Waals surface area (Å²) in [5.74, 6) is -6.88. The van der Waals surface area contributed by atoms with Crippen LogP contribution in [0.15, 0.2) is 127 Å². The number of amides is 5. The molecule has 0 heterocycles. The average Bonchev–Trinajstić information content (AvgIpc) is 3.27. The van der Waals surface area contributed by atoms with E-state index in [0.717, 1.165) is 21.9 Å². The van der Waals surface area contributed by atoms with E-state index in [1.54, 1.807) is 54.6 Å². The van der Waals surface area contributed by atoms with Gasteiger partial charge in [-0.05, 0) is 51.6 Å². The SMILES string of the molecule is O=C(O)CC[C@H](NC(=O)CNC(=O)[C@H](Cc1ccccc1)NC(=O)[C@H](Cc1ccccc1)NC(=O)Cc1cccc2ccccc12)C(=O)N[C@@H](Cc1ccc(OP(=O)(O)O)cc1)C(=O)O. The van der Waals surface area contributed by atoms with Crippen molar-refractivity contribution in [2.24, 2.45) is 0 Å². The van der Waals surface area contributed by atoms with Gasteiger partial charge in [-0.1, -0.05) is 115 Å². The number of carbonyl (C=O) groups is 7. The highest BCUT2D eigenvalue weighted by Crippen LogP contribution is 2.37. The molecule has 5 aromatic carbocycles. The van der Waals surface area contributed by atoms with E-state index >= 15 is 0 Å². The molecule has 0 unspecified atom stereocenters. The molecule has 18 nitrogen and oxygen atoms in total. The van der Waals surface area contributed by atoms with Crippen molar-refractivity contribution in [2.45, 2.75) is 62.7 Å². The van der Waals surface area contributed by atoms with Crippen LogP contribution in [0, 0.1) is 0 Å². The van der Waals surface area contributed by atoms with E-state index in [9.17, 15) is 48.3 Å². The molecule has 0 spiro atoms. The van der Waals surface area contributed by atoms with E-state index in [4.69, 9.17) is 9.79 Å². The summed E-state index contributed by atoms with van der Waals surface area (Å²) in [5.41, 5.74) is 2.46. The number of aliphatic carboxylic acids is 2. The van der Waals surface area contributed by atoms with Crippen LogP contribution in [0.2, 0.25) is 0 Å². The molecule has 5 amide bonds. The zero-order valence-electron chi connectivity index (χ0n) is 34.8. The number of hydrogen-bond donors (Lipinski definition) is 9. The van der Waals surface area contributed by atoms with Gasteiger partial charge in [0.2, 0.25) is 29.5 Å². The first-order valence-corrected chi connectivity index (χ1v) is 21.9. The van der Waals surface area contributed by atoms with Gasteiger partial charge in [0, 0.05) is 25.7 Å². The van der Waals surface area contributed by atoms with Gasteiger partial charge in [-0.2, -0.15) is 0 Å². The molecule has 0 saturated carbocycles. The fourth-order valence-corrected chi connectivity index (χ4v) is 7.26. The van der Waals surface area contributed by atoms with Gasteiger partial charge in [0.25, 0.3) is 0 Å². The van der Waals surface area contributed by atoms with Gasteiger partial charge >= 0.3 is 19.8 Å². The van der Waals surface area contributed by atoms with Crippen molar-refractivity contribution in [3.05, 3.63) is 150 Å². The van der Waals surface area contributed by atoms with Gasteiger partial charge in [0.15, 0.2) is 0 Å². The molecule has 19 heteroatoms. The summed E-state index contributed by atoms with van der Waals surface area (Å²) in [6.07, 6.45) is -1.35. The van der Waals surface area contributed by atoms with Crippen molar-refractivity contribution in [1.29, 1.82) is 0 Å². The van der Waals surface area contributed by atoms with Crippen molar-refractivity contribution in [3.63, 3.8) is 0 Å². The maximum atomic E-state index is 14.1. The van der Waals surface area contributed by atoms with Crippen LogP contribution in [0.1, 0.15) is 35.1 Å². The van der Waals surface area contributed by atoms with Crippen LogP contribution in [-0.4, -0.2) is 92.2 Å². The fraction of sp³-hybridized carbons (Fsp3) is 0.239. The summed E-state index contributed by atoms with van der Waals surface area (Å²) in [6, 6.07) is 30.4. The van der Waals surface area contributed by atoms with E-state index in [-0.39, 0.29) is 31.4 Å². The summed E-state index contributed by atoms with van der Waals surface area (Å²) in [4.78, 5) is 110. The van der Waals surface area contributed by atoms with Crippen LogP contribution in [-0.2, 0) is 63.8 Å². The number of rotatable bonds is 23. The molecule has 5 aromatic rings. The van der Waals surface area contributed by atoms with Gasteiger partial charge in [-0.25, -0.2) is 9.36 Å². The number of hydrogen-bond acceptors (Lipinski definition) is 9. The van der Waals surface area contributed by atoms with Crippen LogP contribution < -0.4 is 31.1 Å². The third-order valence-electron chi connectivity index (χ3n) is 10.0. The van der Waals surface area contributed by atoms with Crippen LogP contribution in [0.3, 0.4) is 0 Å². The van der Waals surface area contributed by atoms with Crippen molar-refractivity contribution < 1.29 is 62.7 Å². The summed E-state index contributed by atoms with van der Waals surface area (Å²) in [6.45, 7) is -0.739. The van der Waals surface area contributed by atoms with Crippen molar-refractivity contribution >= 4 is 60.1 Å². The molecule has 5 rings (SSSR count). The van der Waals surface area contributed by atoms with Crippen LogP contribution >= 0.6 is 7.82 Å². The third-order valence-corrected chi connectivity index (χ3v) is 10.5. The lowest BCUT2D eigenvalue weighted by Gasteiger charge is -2.24. The van der Waals surface area contributed by atoms with E-state index in [1.165, 1.54) is 24.3 Å². The molecule has 65 heavy (non-hydrogen) atoms. The second-order valence-electron chi connectivity index (χ2n) is 15.0. The molecular weight excluding hydrogens is 862 g/mol. The van der Waals surface area contributed by atoms with E-state index < -0.39 is 92.9 Å². The minimum atomic E-state index is -4.85. The Hall–Kier alpha value is -7.40. The molecular formula is C46H48N5O13P. The van der Waals surface area contributed by atoms with E-state index in [0.29, 0.717) is 11.1 Å². The summed E-state index contributed by atoms with van der Waals surface area (Å²) >= 11 is 0. The predicted octanol–water partition coefficient (Wildman–Crippen LogP) is 2.59. The minimum absolute atomic E-state index is 0.0261. The zero-order valence-corrected chi connectivity index (χ0v) is 35.7. The topological polar surface area (TPSA) is 287 Å². The Morgan fingerprint density at radius 3 is 1.65 bits per heavy atom. The van der Waals surface area contributed by atoms with Gasteiger partial charge in [0.05, 0.1) is 13.0 Å². The molecule has 0 aliphatic heterocycles. The Labute approximate surface area is 373 Å². The molecule has 0 aliphatic rings. The quantitative estimate of drug-likeness (QED) is 0.0427. The lowest BCUT2D eigenvalue weighted by atomic mass is 10.0. The molecule has 0 aromatic heterocycles. The summed E-state index contributed by atoms with van der Waals surface area (Å²) in [7, 11) is -4.85. The summed E-state index contributed by atoms with van der Waals surface area (Å²) in [5, 5.41) is 33.7. The molecule has 4 atom stereocenters.